The van der Waals surface area contributed by atoms with E-state index in [0.29, 0.717) is 22.2 Å². The van der Waals surface area contributed by atoms with Gasteiger partial charge in [0.1, 0.15) is 16.4 Å². The average Bonchev–Trinajstić information content (AvgIpc) is 3.31. The molecule has 0 aliphatic carbocycles. The molecule has 0 fully saturated rings. The molecule has 0 spiro atoms. The van der Waals surface area contributed by atoms with Crippen molar-refractivity contribution >= 4 is 33.7 Å². The number of carbonyl (C=O) groups is 1. The molecular formula is C25H25N3O3S. The van der Waals surface area contributed by atoms with Crippen LogP contribution in [-0.4, -0.2) is 23.2 Å². The lowest BCUT2D eigenvalue weighted by atomic mass is 9.87. The molecular weight excluding hydrogens is 422 g/mol. The number of methoxy groups -OCH3 is 1. The van der Waals surface area contributed by atoms with Gasteiger partial charge in [0.05, 0.1) is 7.11 Å². The minimum absolute atomic E-state index is 0.126. The van der Waals surface area contributed by atoms with Gasteiger partial charge in [-0.3, -0.25) is 10.0 Å². The fourth-order valence-electron chi connectivity index (χ4n) is 3.51. The highest BCUT2D eigenvalue weighted by Crippen LogP contribution is 2.33. The highest BCUT2D eigenvalue weighted by Gasteiger charge is 2.20. The van der Waals surface area contributed by atoms with Gasteiger partial charge in [-0.1, -0.05) is 51.1 Å². The zero-order valence-corrected chi connectivity index (χ0v) is 19.2. The number of ether oxygens (including phenoxy) is 1. The van der Waals surface area contributed by atoms with E-state index in [1.165, 1.54) is 7.11 Å². The molecule has 4 aromatic rings. The average molecular weight is 448 g/mol. The molecule has 0 aliphatic rings. The molecule has 0 saturated heterocycles. The van der Waals surface area contributed by atoms with Crippen molar-refractivity contribution in [3.05, 3.63) is 77.3 Å². The van der Waals surface area contributed by atoms with Crippen molar-refractivity contribution < 1.29 is 14.7 Å². The van der Waals surface area contributed by atoms with Gasteiger partial charge in [0.2, 0.25) is 0 Å². The van der Waals surface area contributed by atoms with Crippen LogP contribution in [0.4, 0.5) is 5.69 Å². The van der Waals surface area contributed by atoms with Gasteiger partial charge in [0.15, 0.2) is 0 Å². The number of hydrazine groups is 1. The summed E-state index contributed by atoms with van der Waals surface area (Å²) in [5.41, 5.74) is 5.22. The molecule has 1 aromatic heterocycles. The number of hydrogen-bond donors (Lipinski definition) is 2. The largest absolute Gasteiger partial charge is 0.494 e. The summed E-state index contributed by atoms with van der Waals surface area (Å²) in [7, 11) is 1.52. The second-order valence-electron chi connectivity index (χ2n) is 8.47. The summed E-state index contributed by atoms with van der Waals surface area (Å²) in [6, 6.07) is 16.9. The molecule has 6 nitrogen and oxygen atoms in total. The van der Waals surface area contributed by atoms with Gasteiger partial charge in [-0.15, -0.1) is 11.3 Å². The Morgan fingerprint density at radius 1 is 1.12 bits per heavy atom. The van der Waals surface area contributed by atoms with E-state index in [4.69, 9.17) is 4.74 Å². The highest BCUT2D eigenvalue weighted by atomic mass is 32.1. The lowest BCUT2D eigenvalue weighted by Crippen LogP contribution is -2.40. The predicted molar refractivity (Wildman–Crippen MR) is 128 cm³/mol. The Labute approximate surface area is 191 Å². The monoisotopic (exact) mass is 447 g/mol. The Morgan fingerprint density at radius 3 is 2.62 bits per heavy atom. The number of aromatic nitrogens is 1. The normalized spacial score (nSPS) is 11.4. The Morgan fingerprint density at radius 2 is 1.94 bits per heavy atom. The van der Waals surface area contributed by atoms with E-state index < -0.39 is 5.91 Å². The number of hydrogen-bond acceptors (Lipinski definition) is 6. The smallest absolute Gasteiger partial charge is 0.271 e. The van der Waals surface area contributed by atoms with Crippen molar-refractivity contribution in [2.75, 3.05) is 12.3 Å². The molecule has 0 bridgehead atoms. The van der Waals surface area contributed by atoms with E-state index >= 15 is 0 Å². The number of carbonyl (C=O) groups excluding carboxylic acids is 1. The third-order valence-electron chi connectivity index (χ3n) is 5.29. The van der Waals surface area contributed by atoms with Gasteiger partial charge < -0.3 is 4.74 Å². The summed E-state index contributed by atoms with van der Waals surface area (Å²) in [5.74, 6) is 0.0182. The fourth-order valence-corrected chi connectivity index (χ4v) is 4.19. The van der Waals surface area contributed by atoms with Crippen molar-refractivity contribution in [1.29, 1.82) is 0 Å². The maximum atomic E-state index is 12.9. The topological polar surface area (TPSA) is 74.7 Å². The standard InChI is InChI=1S/C25H25N3O3S/c1-25(2,3)18-9-11-22(31-4)21(15-18)28(30)27-23(29)17-8-10-19-16(14-17)6-5-7-20(19)24-26-12-13-32-24/h5-15,30H,1-4H3,(H,27,29). The summed E-state index contributed by atoms with van der Waals surface area (Å²) in [4.78, 5) is 17.3. The van der Waals surface area contributed by atoms with Gasteiger partial charge in [0, 0.05) is 22.7 Å². The number of benzene rings is 3. The first-order valence-corrected chi connectivity index (χ1v) is 11.1. The molecule has 1 heterocycles. The van der Waals surface area contributed by atoms with E-state index in [1.54, 1.807) is 41.8 Å². The van der Waals surface area contributed by atoms with Crippen molar-refractivity contribution in [1.82, 2.24) is 10.4 Å². The predicted octanol–water partition coefficient (Wildman–Crippen LogP) is 5.81. The van der Waals surface area contributed by atoms with Gasteiger partial charge in [-0.25, -0.2) is 10.4 Å². The number of nitrogens with one attached hydrogen (secondary N) is 1. The molecule has 0 atom stereocenters. The van der Waals surface area contributed by atoms with Crippen LogP contribution in [0.15, 0.2) is 66.2 Å². The first-order valence-electron chi connectivity index (χ1n) is 10.2. The molecule has 0 aliphatic heterocycles. The van der Waals surface area contributed by atoms with E-state index in [1.807, 2.05) is 35.7 Å². The molecule has 0 unspecified atom stereocenters. The van der Waals surface area contributed by atoms with Crippen LogP contribution in [0.5, 0.6) is 5.75 Å². The third kappa shape index (κ3) is 4.30. The Kier molecular flexibility index (Phi) is 5.86. The van der Waals surface area contributed by atoms with Gasteiger partial charge in [-0.2, -0.15) is 5.17 Å². The summed E-state index contributed by atoms with van der Waals surface area (Å²) < 4.78 is 5.37. The van der Waals surface area contributed by atoms with Crippen molar-refractivity contribution in [2.24, 2.45) is 0 Å². The first kappa shape index (κ1) is 21.8. The molecule has 2 N–H and O–H groups in total. The van der Waals surface area contributed by atoms with Gasteiger partial charge in [0.25, 0.3) is 5.91 Å². The number of nitrogens with zero attached hydrogens (tertiary/aromatic N) is 2. The zero-order valence-electron chi connectivity index (χ0n) is 18.4. The second-order valence-corrected chi connectivity index (χ2v) is 9.36. The second kappa shape index (κ2) is 8.61. The zero-order chi connectivity index (χ0) is 22.9. The van der Waals surface area contributed by atoms with Crippen LogP contribution in [0, 0.1) is 0 Å². The van der Waals surface area contributed by atoms with Crippen LogP contribution in [0.2, 0.25) is 0 Å². The number of amides is 1. The van der Waals surface area contributed by atoms with Crippen LogP contribution in [-0.2, 0) is 5.41 Å². The molecule has 7 heteroatoms. The molecule has 1 amide bonds. The number of thiazole rings is 1. The van der Waals surface area contributed by atoms with Crippen LogP contribution >= 0.6 is 11.3 Å². The highest BCUT2D eigenvalue weighted by molar-refractivity contribution is 7.13. The summed E-state index contributed by atoms with van der Waals surface area (Å²) >= 11 is 1.57. The maximum Gasteiger partial charge on any atom is 0.271 e. The van der Waals surface area contributed by atoms with E-state index in [0.717, 1.165) is 26.9 Å². The van der Waals surface area contributed by atoms with E-state index in [-0.39, 0.29) is 5.41 Å². The minimum atomic E-state index is -0.433. The molecule has 4 rings (SSSR count). The van der Waals surface area contributed by atoms with Gasteiger partial charge in [-0.05, 0) is 46.0 Å². The molecule has 0 saturated carbocycles. The SMILES string of the molecule is COc1ccc(C(C)(C)C)cc1N(O)NC(=O)c1ccc2c(-c3nccs3)cccc2c1. The minimum Gasteiger partial charge on any atom is -0.494 e. The lowest BCUT2D eigenvalue weighted by molar-refractivity contribution is 0.0879. The van der Waals surface area contributed by atoms with Crippen molar-refractivity contribution in [3.63, 3.8) is 0 Å². The summed E-state index contributed by atoms with van der Waals surface area (Å²) in [6.45, 7) is 6.23. The van der Waals surface area contributed by atoms with Crippen molar-refractivity contribution in [3.8, 4) is 16.3 Å². The maximum absolute atomic E-state index is 12.9. The number of fused-ring (bicyclic) bond motifs is 1. The van der Waals surface area contributed by atoms with E-state index in [9.17, 15) is 10.0 Å². The summed E-state index contributed by atoms with van der Waals surface area (Å²) in [5, 5.41) is 16.2. The molecule has 0 radical (unpaired) electrons. The Balaban J connectivity index is 1.62. The van der Waals surface area contributed by atoms with Crippen LogP contribution in [0.3, 0.4) is 0 Å². The lowest BCUT2D eigenvalue weighted by Gasteiger charge is -2.24. The third-order valence-corrected chi connectivity index (χ3v) is 6.09. The molecule has 164 valence electrons. The van der Waals surface area contributed by atoms with E-state index in [2.05, 4.69) is 31.2 Å². The molecule has 3 aromatic carbocycles. The van der Waals surface area contributed by atoms with Gasteiger partial charge >= 0.3 is 0 Å². The summed E-state index contributed by atoms with van der Waals surface area (Å²) in [6.07, 6.45) is 1.78. The number of anilines is 1. The Bertz CT molecular complexity index is 1260. The Hall–Kier alpha value is -3.42. The van der Waals surface area contributed by atoms with Crippen LogP contribution in [0.25, 0.3) is 21.3 Å². The van der Waals surface area contributed by atoms with Crippen LogP contribution < -0.4 is 15.3 Å². The van der Waals surface area contributed by atoms with Crippen LogP contribution in [0.1, 0.15) is 36.7 Å². The quantitative estimate of drug-likeness (QED) is 0.378. The number of rotatable bonds is 5. The first-order chi connectivity index (χ1) is 15.3. The van der Waals surface area contributed by atoms with Crippen molar-refractivity contribution in [2.45, 2.75) is 26.2 Å². The fraction of sp³-hybridized carbons (Fsp3) is 0.200. The molecule has 32 heavy (non-hydrogen) atoms.